The van der Waals surface area contributed by atoms with E-state index in [1.54, 1.807) is 18.2 Å². The Morgan fingerprint density at radius 3 is 3.06 bits per heavy atom. The average Bonchev–Trinajstić information content (AvgIpc) is 2.67. The first-order chi connectivity index (χ1) is 7.70. The molecule has 5 nitrogen and oxygen atoms in total. The van der Waals surface area contributed by atoms with Gasteiger partial charge in [-0.3, -0.25) is 4.79 Å². The lowest BCUT2D eigenvalue weighted by atomic mass is 10.1. The molecule has 0 unspecified atom stereocenters. The summed E-state index contributed by atoms with van der Waals surface area (Å²) in [6.07, 6.45) is 0. The van der Waals surface area contributed by atoms with Gasteiger partial charge in [-0.1, -0.05) is 0 Å². The number of carbonyl (C=O) groups excluding carboxylic acids is 2. The topological polar surface area (TPSA) is 61.8 Å². The van der Waals surface area contributed by atoms with E-state index in [-0.39, 0.29) is 19.0 Å². The maximum atomic E-state index is 11.2. The summed E-state index contributed by atoms with van der Waals surface area (Å²) in [4.78, 5) is 22.1. The van der Waals surface area contributed by atoms with Crippen molar-refractivity contribution in [1.29, 1.82) is 0 Å². The molecule has 0 aromatic heterocycles. The molecule has 0 N–H and O–H groups in total. The standard InChI is InChI=1S/C11H10O5/c1-14-11(13)6-15-7-2-3-8-9(12)5-16-10(8)4-7/h2-4H,5-6H2,1H3. The highest BCUT2D eigenvalue weighted by Crippen LogP contribution is 2.29. The van der Waals surface area contributed by atoms with Crippen molar-refractivity contribution in [1.82, 2.24) is 0 Å². The van der Waals surface area contributed by atoms with Gasteiger partial charge in [0.1, 0.15) is 11.5 Å². The van der Waals surface area contributed by atoms with Crippen LogP contribution in [0.15, 0.2) is 18.2 Å². The molecule has 0 bridgehead atoms. The summed E-state index contributed by atoms with van der Waals surface area (Å²) in [7, 11) is 1.29. The number of esters is 1. The number of carbonyl (C=O) groups is 2. The van der Waals surface area contributed by atoms with Crippen LogP contribution in [-0.4, -0.2) is 32.1 Å². The lowest BCUT2D eigenvalue weighted by Gasteiger charge is -2.05. The molecule has 0 spiro atoms. The van der Waals surface area contributed by atoms with Gasteiger partial charge in [0.2, 0.25) is 5.78 Å². The van der Waals surface area contributed by atoms with Crippen LogP contribution >= 0.6 is 0 Å². The number of ether oxygens (including phenoxy) is 3. The van der Waals surface area contributed by atoms with Gasteiger partial charge in [-0.15, -0.1) is 0 Å². The van der Waals surface area contributed by atoms with Crippen molar-refractivity contribution in [3.63, 3.8) is 0 Å². The minimum atomic E-state index is -0.461. The van der Waals surface area contributed by atoms with Gasteiger partial charge >= 0.3 is 5.97 Å². The van der Waals surface area contributed by atoms with Crippen LogP contribution < -0.4 is 9.47 Å². The van der Waals surface area contributed by atoms with Crippen molar-refractivity contribution in [2.75, 3.05) is 20.3 Å². The molecule has 0 aliphatic carbocycles. The molecule has 1 aliphatic heterocycles. The molecule has 1 aromatic carbocycles. The molecule has 0 atom stereocenters. The Hall–Kier alpha value is -2.04. The Kier molecular flexibility index (Phi) is 2.76. The third-order valence-electron chi connectivity index (χ3n) is 2.20. The fourth-order valence-corrected chi connectivity index (χ4v) is 1.36. The molecule has 0 saturated carbocycles. The second kappa shape index (κ2) is 4.22. The monoisotopic (exact) mass is 222 g/mol. The number of methoxy groups -OCH3 is 1. The summed E-state index contributed by atoms with van der Waals surface area (Å²) in [5.74, 6) is 0.457. The van der Waals surface area contributed by atoms with E-state index in [1.165, 1.54) is 7.11 Å². The molecule has 84 valence electrons. The number of hydrogen-bond acceptors (Lipinski definition) is 5. The molecular weight excluding hydrogens is 212 g/mol. The normalized spacial score (nSPS) is 12.9. The zero-order valence-electron chi connectivity index (χ0n) is 8.69. The van der Waals surface area contributed by atoms with E-state index in [4.69, 9.17) is 9.47 Å². The fourth-order valence-electron chi connectivity index (χ4n) is 1.36. The van der Waals surface area contributed by atoms with Crippen molar-refractivity contribution < 1.29 is 23.8 Å². The summed E-state index contributed by atoms with van der Waals surface area (Å²) in [6.45, 7) is -0.0982. The molecule has 1 aromatic rings. The van der Waals surface area contributed by atoms with Crippen molar-refractivity contribution >= 4 is 11.8 Å². The van der Waals surface area contributed by atoms with Crippen LogP contribution in [-0.2, 0) is 9.53 Å². The van der Waals surface area contributed by atoms with Gasteiger partial charge in [0, 0.05) is 6.07 Å². The summed E-state index contributed by atoms with van der Waals surface area (Å²) in [5, 5.41) is 0. The Morgan fingerprint density at radius 2 is 2.31 bits per heavy atom. The molecule has 0 fully saturated rings. The van der Waals surface area contributed by atoms with Crippen LogP contribution in [0.2, 0.25) is 0 Å². The molecule has 5 heteroatoms. The first kappa shape index (κ1) is 10.5. The molecule has 1 heterocycles. The van der Waals surface area contributed by atoms with Gasteiger partial charge in [-0.05, 0) is 12.1 Å². The number of Topliss-reactive ketones (excluding diaryl/α,β-unsaturated/α-hetero) is 1. The van der Waals surface area contributed by atoms with Crippen molar-refractivity contribution in [3.05, 3.63) is 23.8 Å². The van der Waals surface area contributed by atoms with Gasteiger partial charge in [0.15, 0.2) is 13.2 Å². The van der Waals surface area contributed by atoms with E-state index in [1.807, 2.05) is 0 Å². The molecule has 16 heavy (non-hydrogen) atoms. The third-order valence-corrected chi connectivity index (χ3v) is 2.20. The summed E-state index contributed by atoms with van der Waals surface area (Å²) in [6, 6.07) is 4.83. The molecule has 1 aliphatic rings. The molecule has 0 saturated heterocycles. The van der Waals surface area contributed by atoms with Gasteiger partial charge in [-0.2, -0.15) is 0 Å². The summed E-state index contributed by atoms with van der Waals surface area (Å²) in [5.41, 5.74) is 0.547. The predicted octanol–water partition coefficient (Wildman–Crippen LogP) is 0.813. The number of fused-ring (bicyclic) bond motifs is 1. The zero-order valence-corrected chi connectivity index (χ0v) is 8.69. The molecule has 0 radical (unpaired) electrons. The minimum Gasteiger partial charge on any atom is -0.485 e. The van der Waals surface area contributed by atoms with E-state index in [9.17, 15) is 9.59 Å². The van der Waals surface area contributed by atoms with Crippen LogP contribution in [0.4, 0.5) is 0 Å². The van der Waals surface area contributed by atoms with E-state index < -0.39 is 5.97 Å². The fraction of sp³-hybridized carbons (Fsp3) is 0.273. The van der Waals surface area contributed by atoms with Crippen LogP contribution in [0.5, 0.6) is 11.5 Å². The molecule has 2 rings (SSSR count). The van der Waals surface area contributed by atoms with E-state index in [0.717, 1.165) is 0 Å². The minimum absolute atomic E-state index is 0.0467. The third kappa shape index (κ3) is 1.98. The Morgan fingerprint density at radius 1 is 1.50 bits per heavy atom. The SMILES string of the molecule is COC(=O)COc1ccc2c(c1)OCC2=O. The number of hydrogen-bond donors (Lipinski definition) is 0. The highest BCUT2D eigenvalue weighted by Gasteiger charge is 2.21. The summed E-state index contributed by atoms with van der Waals surface area (Å²) >= 11 is 0. The summed E-state index contributed by atoms with van der Waals surface area (Å²) < 4.78 is 14.7. The van der Waals surface area contributed by atoms with Crippen molar-refractivity contribution in [2.45, 2.75) is 0 Å². The van der Waals surface area contributed by atoms with Gasteiger partial charge in [0.05, 0.1) is 12.7 Å². The second-order valence-electron chi connectivity index (χ2n) is 3.23. The maximum Gasteiger partial charge on any atom is 0.343 e. The highest BCUT2D eigenvalue weighted by atomic mass is 16.6. The number of rotatable bonds is 3. The first-order valence-corrected chi connectivity index (χ1v) is 4.70. The van der Waals surface area contributed by atoms with Crippen LogP contribution in [0, 0.1) is 0 Å². The van der Waals surface area contributed by atoms with E-state index in [0.29, 0.717) is 17.1 Å². The highest BCUT2D eigenvalue weighted by molar-refractivity contribution is 6.02. The van der Waals surface area contributed by atoms with Gasteiger partial charge in [-0.25, -0.2) is 4.79 Å². The average molecular weight is 222 g/mol. The lowest BCUT2D eigenvalue weighted by Crippen LogP contribution is -2.12. The maximum absolute atomic E-state index is 11.2. The Balaban J connectivity index is 2.08. The quantitative estimate of drug-likeness (QED) is 0.708. The Bertz CT molecular complexity index is 438. The van der Waals surface area contributed by atoms with Crippen molar-refractivity contribution in [3.8, 4) is 11.5 Å². The van der Waals surface area contributed by atoms with E-state index in [2.05, 4.69) is 4.74 Å². The first-order valence-electron chi connectivity index (χ1n) is 4.70. The predicted molar refractivity (Wildman–Crippen MR) is 53.8 cm³/mol. The smallest absolute Gasteiger partial charge is 0.343 e. The van der Waals surface area contributed by atoms with Gasteiger partial charge < -0.3 is 14.2 Å². The van der Waals surface area contributed by atoms with Crippen LogP contribution in [0.3, 0.4) is 0 Å². The van der Waals surface area contributed by atoms with Gasteiger partial charge in [0.25, 0.3) is 0 Å². The lowest BCUT2D eigenvalue weighted by molar-refractivity contribution is -0.142. The molecule has 0 amide bonds. The zero-order chi connectivity index (χ0) is 11.5. The van der Waals surface area contributed by atoms with Crippen LogP contribution in [0.1, 0.15) is 10.4 Å². The number of benzene rings is 1. The number of ketones is 1. The Labute approximate surface area is 91.9 Å². The van der Waals surface area contributed by atoms with E-state index >= 15 is 0 Å². The van der Waals surface area contributed by atoms with Crippen LogP contribution in [0.25, 0.3) is 0 Å². The molecular formula is C11H10O5. The van der Waals surface area contributed by atoms with Crippen molar-refractivity contribution in [2.24, 2.45) is 0 Å². The largest absolute Gasteiger partial charge is 0.485 e. The second-order valence-corrected chi connectivity index (χ2v) is 3.23.